The van der Waals surface area contributed by atoms with Gasteiger partial charge < -0.3 is 10.4 Å². The number of amides is 1. The highest BCUT2D eigenvalue weighted by atomic mass is 16.4. The highest BCUT2D eigenvalue weighted by molar-refractivity contribution is 5.89. The number of para-hydroxylation sites is 1. The Morgan fingerprint density at radius 2 is 1.76 bits per heavy atom. The molecule has 1 saturated heterocycles. The summed E-state index contributed by atoms with van der Waals surface area (Å²) in [4.78, 5) is 25.2. The van der Waals surface area contributed by atoms with E-state index in [4.69, 9.17) is 0 Å². The Bertz CT molecular complexity index is 761. The first kappa shape index (κ1) is 17.2. The normalized spacial score (nSPS) is 20.4. The van der Waals surface area contributed by atoms with Gasteiger partial charge in [-0.1, -0.05) is 48.5 Å². The molecule has 0 radical (unpaired) electrons. The zero-order valence-corrected chi connectivity index (χ0v) is 14.2. The number of likely N-dealkylation sites (tertiary alicyclic amines) is 1. The van der Waals surface area contributed by atoms with Crippen molar-refractivity contribution in [2.45, 2.75) is 19.4 Å². The maximum absolute atomic E-state index is 11.7. The molecule has 2 atom stereocenters. The zero-order chi connectivity index (χ0) is 17.8. The average molecular weight is 338 g/mol. The van der Waals surface area contributed by atoms with Crippen LogP contribution >= 0.6 is 0 Å². The Morgan fingerprint density at radius 1 is 1.08 bits per heavy atom. The summed E-state index contributed by atoms with van der Waals surface area (Å²) in [5, 5.41) is 12.5. The molecule has 0 aromatic heterocycles. The van der Waals surface area contributed by atoms with Gasteiger partial charge in [-0.15, -0.1) is 0 Å². The van der Waals surface area contributed by atoms with E-state index in [0.717, 1.165) is 16.8 Å². The minimum absolute atomic E-state index is 0.0216. The number of benzene rings is 2. The predicted molar refractivity (Wildman–Crippen MR) is 96.3 cm³/mol. The van der Waals surface area contributed by atoms with Gasteiger partial charge in [-0.25, -0.2) is 0 Å². The van der Waals surface area contributed by atoms with Crippen LogP contribution in [-0.2, 0) is 16.1 Å². The Hall–Kier alpha value is -2.66. The molecule has 1 amide bonds. The summed E-state index contributed by atoms with van der Waals surface area (Å²) in [5.41, 5.74) is 2.84. The molecule has 25 heavy (non-hydrogen) atoms. The van der Waals surface area contributed by atoms with Crippen LogP contribution in [0.25, 0.3) is 0 Å². The molecule has 130 valence electrons. The highest BCUT2D eigenvalue weighted by Crippen LogP contribution is 2.34. The van der Waals surface area contributed by atoms with Gasteiger partial charge in [0.1, 0.15) is 0 Å². The number of nitrogens with zero attached hydrogens (tertiary/aromatic N) is 1. The number of aliphatic carboxylic acids is 1. The molecule has 1 fully saturated rings. The summed E-state index contributed by atoms with van der Waals surface area (Å²) < 4.78 is 0. The van der Waals surface area contributed by atoms with Crippen LogP contribution in [0.1, 0.15) is 24.0 Å². The summed E-state index contributed by atoms with van der Waals surface area (Å²) in [6, 6.07) is 17.5. The Labute approximate surface area is 147 Å². The van der Waals surface area contributed by atoms with Crippen LogP contribution in [0.2, 0.25) is 0 Å². The summed E-state index contributed by atoms with van der Waals surface area (Å²) in [5.74, 6) is -1.31. The molecular weight excluding hydrogens is 316 g/mol. The number of carbonyl (C=O) groups is 2. The number of anilines is 1. The third-order valence-electron chi connectivity index (χ3n) is 4.66. The summed E-state index contributed by atoms with van der Waals surface area (Å²) in [7, 11) is 0. The van der Waals surface area contributed by atoms with Crippen molar-refractivity contribution in [1.82, 2.24) is 4.90 Å². The molecule has 2 aromatic carbocycles. The monoisotopic (exact) mass is 338 g/mol. The zero-order valence-electron chi connectivity index (χ0n) is 14.2. The van der Waals surface area contributed by atoms with Gasteiger partial charge in [0.15, 0.2) is 0 Å². The van der Waals surface area contributed by atoms with E-state index >= 15 is 0 Å². The number of hydrogen-bond donors (Lipinski definition) is 2. The summed E-state index contributed by atoms with van der Waals surface area (Å²) in [6.45, 7) is 3.29. The quantitative estimate of drug-likeness (QED) is 0.879. The fourth-order valence-corrected chi connectivity index (χ4v) is 3.51. The minimum Gasteiger partial charge on any atom is -0.481 e. The molecule has 1 aliphatic heterocycles. The van der Waals surface area contributed by atoms with Crippen LogP contribution in [-0.4, -0.2) is 35.0 Å². The van der Waals surface area contributed by atoms with E-state index in [2.05, 4.69) is 10.2 Å². The molecule has 2 N–H and O–H groups in total. The lowest BCUT2D eigenvalue weighted by atomic mass is 9.89. The van der Waals surface area contributed by atoms with Gasteiger partial charge >= 0.3 is 5.97 Å². The first-order chi connectivity index (χ1) is 12.0. The van der Waals surface area contributed by atoms with Gasteiger partial charge in [0.05, 0.1) is 5.92 Å². The standard InChI is InChI=1S/C20H22N2O3/c1-14(23)21-19-10-6-5-9-16(19)11-22-12-17(18(13-22)20(24)25)15-7-3-2-4-8-15/h2-10,17-18H,11-13H2,1H3,(H,21,23)(H,24,25)/t17-,18+/m1/s1. The third-order valence-corrected chi connectivity index (χ3v) is 4.66. The van der Waals surface area contributed by atoms with Crippen molar-refractivity contribution in [3.63, 3.8) is 0 Å². The van der Waals surface area contributed by atoms with Crippen LogP contribution < -0.4 is 5.32 Å². The molecule has 3 rings (SSSR count). The third kappa shape index (κ3) is 4.06. The Kier molecular flexibility index (Phi) is 5.14. The van der Waals surface area contributed by atoms with Gasteiger partial charge in [0, 0.05) is 38.2 Å². The van der Waals surface area contributed by atoms with Crippen LogP contribution in [0.15, 0.2) is 54.6 Å². The molecule has 0 bridgehead atoms. The van der Waals surface area contributed by atoms with Gasteiger partial charge in [-0.05, 0) is 17.2 Å². The lowest BCUT2D eigenvalue weighted by molar-refractivity contribution is -0.141. The lowest BCUT2D eigenvalue weighted by Gasteiger charge is -2.18. The number of nitrogens with one attached hydrogen (secondary N) is 1. The molecule has 1 aliphatic rings. The Balaban J connectivity index is 1.79. The van der Waals surface area contributed by atoms with E-state index < -0.39 is 11.9 Å². The number of rotatable bonds is 5. The SMILES string of the molecule is CC(=O)Nc1ccccc1CN1C[C@H](C(=O)O)[C@@H](c2ccccc2)C1. The van der Waals surface area contributed by atoms with Crippen LogP contribution in [0.3, 0.4) is 0 Å². The second-order valence-corrected chi connectivity index (χ2v) is 6.49. The molecular formula is C20H22N2O3. The van der Waals surface area contributed by atoms with Crippen molar-refractivity contribution in [3.8, 4) is 0 Å². The molecule has 2 aromatic rings. The topological polar surface area (TPSA) is 69.6 Å². The molecule has 5 heteroatoms. The average Bonchev–Trinajstić information content (AvgIpc) is 3.01. The first-order valence-corrected chi connectivity index (χ1v) is 8.40. The lowest BCUT2D eigenvalue weighted by Crippen LogP contribution is -2.23. The van der Waals surface area contributed by atoms with Crippen LogP contribution in [0.4, 0.5) is 5.69 Å². The maximum atomic E-state index is 11.7. The van der Waals surface area contributed by atoms with Crippen molar-refractivity contribution in [2.75, 3.05) is 18.4 Å². The second-order valence-electron chi connectivity index (χ2n) is 6.49. The smallest absolute Gasteiger partial charge is 0.308 e. The van der Waals surface area contributed by atoms with Crippen molar-refractivity contribution in [2.24, 2.45) is 5.92 Å². The fourth-order valence-electron chi connectivity index (χ4n) is 3.51. The molecule has 0 saturated carbocycles. The van der Waals surface area contributed by atoms with Crippen molar-refractivity contribution < 1.29 is 14.7 Å². The second kappa shape index (κ2) is 7.49. The van der Waals surface area contributed by atoms with Gasteiger partial charge in [0.25, 0.3) is 0 Å². The largest absolute Gasteiger partial charge is 0.481 e. The summed E-state index contributed by atoms with van der Waals surface area (Å²) >= 11 is 0. The van der Waals surface area contributed by atoms with E-state index in [1.54, 1.807) is 0 Å². The molecule has 0 aliphatic carbocycles. The van der Waals surface area contributed by atoms with Gasteiger partial charge in [-0.2, -0.15) is 0 Å². The predicted octanol–water partition coefficient (Wildman–Crippen LogP) is 2.95. The van der Waals surface area contributed by atoms with Gasteiger partial charge in [-0.3, -0.25) is 14.5 Å². The molecule has 0 unspecified atom stereocenters. The fraction of sp³-hybridized carbons (Fsp3) is 0.300. The molecule has 1 heterocycles. The molecule has 0 spiro atoms. The minimum atomic E-state index is -0.758. The number of carboxylic acid groups (broad SMARTS) is 1. The van der Waals surface area contributed by atoms with Crippen molar-refractivity contribution in [3.05, 3.63) is 65.7 Å². The molecule has 5 nitrogen and oxygen atoms in total. The van der Waals surface area contributed by atoms with Crippen molar-refractivity contribution in [1.29, 1.82) is 0 Å². The van der Waals surface area contributed by atoms with E-state index in [9.17, 15) is 14.7 Å². The Morgan fingerprint density at radius 3 is 2.44 bits per heavy atom. The van der Waals surface area contributed by atoms with Crippen molar-refractivity contribution >= 4 is 17.6 Å². The van der Waals surface area contributed by atoms with E-state index in [0.29, 0.717) is 19.6 Å². The van der Waals surface area contributed by atoms with Crippen LogP contribution in [0.5, 0.6) is 0 Å². The number of carboxylic acids is 1. The summed E-state index contributed by atoms with van der Waals surface area (Å²) in [6.07, 6.45) is 0. The number of carbonyl (C=O) groups excluding carboxylic acids is 1. The maximum Gasteiger partial charge on any atom is 0.308 e. The first-order valence-electron chi connectivity index (χ1n) is 8.40. The highest BCUT2D eigenvalue weighted by Gasteiger charge is 2.38. The van der Waals surface area contributed by atoms with Gasteiger partial charge in [0.2, 0.25) is 5.91 Å². The van der Waals surface area contributed by atoms with E-state index in [1.807, 2.05) is 54.6 Å². The van der Waals surface area contributed by atoms with Crippen LogP contribution in [0, 0.1) is 5.92 Å². The van der Waals surface area contributed by atoms with E-state index in [1.165, 1.54) is 6.92 Å². The van der Waals surface area contributed by atoms with E-state index in [-0.39, 0.29) is 11.8 Å². The number of hydrogen-bond acceptors (Lipinski definition) is 3.